The van der Waals surface area contributed by atoms with Gasteiger partial charge in [-0.25, -0.2) is 18.7 Å². The molecule has 478 valence electrons. The SMILES string of the molecule is C[n+]1ccc(-c2cc[n+](C)cc2)cc1.O=C(NCc1cc2cc(c1)OCCOCCOCCOCCOc1cc(CNC(=O)Nc3ccccc3)cc(c1)OCCOCCOCCOCCO2)Nc1ccccc1.O=C([O-])C(F)(F)F.O=C([O-])C(F)(F)F. The van der Waals surface area contributed by atoms with Gasteiger partial charge >= 0.3 is 24.4 Å². The number of ether oxygens (including phenoxy) is 10. The van der Waals surface area contributed by atoms with Crippen LogP contribution in [0.2, 0.25) is 0 Å². The predicted octanol–water partition coefficient (Wildman–Crippen LogP) is 5.26. The molecule has 2 aromatic heterocycles. The van der Waals surface area contributed by atoms with Crippen molar-refractivity contribution in [1.82, 2.24) is 10.6 Å². The average Bonchev–Trinajstić information content (AvgIpc) is 3.65. The Morgan fingerprint density at radius 1 is 0.398 bits per heavy atom. The van der Waals surface area contributed by atoms with Gasteiger partial charge in [0, 0.05) is 60.9 Å². The molecule has 4 amide bonds. The van der Waals surface area contributed by atoms with Crippen molar-refractivity contribution < 1.29 is 112 Å². The van der Waals surface area contributed by atoms with Crippen LogP contribution in [-0.4, -0.2) is 142 Å². The number of aromatic nitrogens is 2. The second-order valence-corrected chi connectivity index (χ2v) is 18.1. The first kappa shape index (κ1) is 71.7. The van der Waals surface area contributed by atoms with Crippen molar-refractivity contribution in [3.63, 3.8) is 0 Å². The largest absolute Gasteiger partial charge is 0.542 e. The first-order valence-electron chi connectivity index (χ1n) is 27.2. The molecule has 0 unspecified atom stereocenters. The number of nitrogens with one attached hydrogen (secondary N) is 4. The molecule has 0 aliphatic carbocycles. The maximum Gasteiger partial charge on any atom is 0.430 e. The molecule has 0 saturated carbocycles. The quantitative estimate of drug-likeness (QED) is 0.117. The minimum Gasteiger partial charge on any atom is -0.542 e. The van der Waals surface area contributed by atoms with E-state index in [1.165, 1.54) is 11.1 Å². The van der Waals surface area contributed by atoms with Crippen LogP contribution in [-0.2, 0) is 65.2 Å². The number of carbonyl (C=O) groups is 4. The van der Waals surface area contributed by atoms with E-state index in [1.54, 1.807) is 12.1 Å². The zero-order valence-corrected chi connectivity index (χ0v) is 48.3. The third-order valence-electron chi connectivity index (χ3n) is 11.1. The Kier molecular flexibility index (Phi) is 33.0. The highest BCUT2D eigenvalue weighted by Gasteiger charge is 2.29. The molecule has 4 aromatic carbocycles. The summed E-state index contributed by atoms with van der Waals surface area (Å²) in [5.74, 6) is -3.69. The Labute approximate surface area is 504 Å². The van der Waals surface area contributed by atoms with Crippen molar-refractivity contribution in [1.29, 1.82) is 0 Å². The molecule has 7 rings (SSSR count). The summed E-state index contributed by atoms with van der Waals surface area (Å²) in [6.07, 6.45) is -2.16. The van der Waals surface area contributed by atoms with E-state index in [9.17, 15) is 35.9 Å². The number of carbonyl (C=O) groups excluding carboxylic acids is 4. The summed E-state index contributed by atoms with van der Waals surface area (Å²) in [6, 6.07) is 37.2. The van der Waals surface area contributed by atoms with E-state index in [0.717, 1.165) is 11.1 Å². The number of benzene rings is 4. The summed E-state index contributed by atoms with van der Waals surface area (Å²) in [6.45, 7) is 6.29. The number of anilines is 2. The molecule has 1 aliphatic rings. The number of urea groups is 2. The number of fused-ring (bicyclic) bond motifs is 4. The summed E-state index contributed by atoms with van der Waals surface area (Å²) in [5, 5.41) is 28.9. The molecule has 22 nitrogen and oxygen atoms in total. The van der Waals surface area contributed by atoms with E-state index in [4.69, 9.17) is 67.2 Å². The van der Waals surface area contributed by atoms with Gasteiger partial charge in [-0.2, -0.15) is 26.3 Å². The fourth-order valence-corrected chi connectivity index (χ4v) is 6.90. The van der Waals surface area contributed by atoms with Gasteiger partial charge < -0.3 is 88.4 Å². The Hall–Kier alpha value is -8.80. The van der Waals surface area contributed by atoms with Crippen LogP contribution in [0.15, 0.2) is 146 Å². The van der Waals surface area contributed by atoms with Crippen LogP contribution in [0.5, 0.6) is 23.0 Å². The lowest BCUT2D eigenvalue weighted by Crippen LogP contribution is -2.37. The van der Waals surface area contributed by atoms with E-state index in [1.807, 2.05) is 108 Å². The lowest BCUT2D eigenvalue weighted by molar-refractivity contribution is -0.671. The lowest BCUT2D eigenvalue weighted by atomic mass is 10.1. The maximum atomic E-state index is 12.5. The summed E-state index contributed by atoms with van der Waals surface area (Å²) < 4.78 is 125. The monoisotopic (exact) mass is 1240 g/mol. The molecule has 0 saturated heterocycles. The van der Waals surface area contributed by atoms with Gasteiger partial charge in [0.25, 0.3) is 0 Å². The fraction of sp³-hybridized carbons (Fsp3) is 0.367. The fourth-order valence-electron chi connectivity index (χ4n) is 6.90. The first-order valence-corrected chi connectivity index (χ1v) is 27.2. The number of alkyl halides is 6. The molecule has 4 bridgehead atoms. The number of carboxylic acids is 2. The molecule has 0 fully saturated rings. The molecular weight excluding hydrogens is 1170 g/mol. The van der Waals surface area contributed by atoms with Gasteiger partial charge in [0.05, 0.1) is 79.3 Å². The van der Waals surface area contributed by atoms with Gasteiger partial charge in [-0.1, -0.05) is 36.4 Å². The number of aliphatic carboxylic acids is 2. The van der Waals surface area contributed by atoms with Crippen molar-refractivity contribution in [3.05, 3.63) is 157 Å². The van der Waals surface area contributed by atoms with Crippen molar-refractivity contribution in [2.24, 2.45) is 14.1 Å². The Bertz CT molecular complexity index is 2690. The first-order chi connectivity index (χ1) is 42.2. The minimum absolute atomic E-state index is 0.256. The van der Waals surface area contributed by atoms with Crippen LogP contribution in [0.3, 0.4) is 0 Å². The van der Waals surface area contributed by atoms with E-state index in [-0.39, 0.29) is 25.2 Å². The molecule has 28 heteroatoms. The molecule has 0 radical (unpaired) electrons. The molecule has 0 atom stereocenters. The Morgan fingerprint density at radius 3 is 0.875 bits per heavy atom. The molecular formula is C60H70F6N6O16. The van der Waals surface area contributed by atoms with Crippen LogP contribution in [0, 0.1) is 0 Å². The molecule has 0 spiro atoms. The molecule has 1 aliphatic heterocycles. The smallest absolute Gasteiger partial charge is 0.430 e. The van der Waals surface area contributed by atoms with E-state index < -0.39 is 24.3 Å². The standard InChI is InChI=1S/C44H56N4O12.C12H14N2.2C2HF3O2/c49-43(47-37-7-3-1-4-8-37)45-33-35-27-39-31-40(28-35)58-24-20-54-16-12-52-14-18-56-22-26-60-42-30-36(34-46-44(50)48-38-9-5-2-6-10-38)29-41(32-42)59-25-21-55-17-13-51-11-15-53-19-23-57-39;1-13-7-3-11(4-8-13)12-5-9-14(2)10-6-12;2*3-2(4,5)1(6)7/h1-10,27-32H,11-26,33-34H2,(H2,45,47,49)(H2,46,48,50);3-10H,1-2H3;2*(H,6,7)/q;+2;;/p-2. The molecule has 3 heterocycles. The van der Waals surface area contributed by atoms with Crippen LogP contribution >= 0.6 is 0 Å². The lowest BCUT2D eigenvalue weighted by Gasteiger charge is -2.14. The maximum absolute atomic E-state index is 12.5. The number of hydrogen-bond acceptors (Lipinski definition) is 16. The van der Waals surface area contributed by atoms with E-state index in [2.05, 4.69) is 70.3 Å². The molecule has 6 aromatic rings. The highest BCUT2D eigenvalue weighted by Crippen LogP contribution is 2.25. The number of rotatable bonds is 7. The number of halogens is 6. The van der Waals surface area contributed by atoms with Gasteiger partial charge in [0.15, 0.2) is 24.8 Å². The van der Waals surface area contributed by atoms with Crippen LogP contribution in [0.4, 0.5) is 47.3 Å². The second-order valence-electron chi connectivity index (χ2n) is 18.1. The van der Waals surface area contributed by atoms with Gasteiger partial charge in [-0.3, -0.25) is 0 Å². The number of aryl methyl sites for hydroxylation is 2. The second kappa shape index (κ2) is 40.6. The van der Waals surface area contributed by atoms with Gasteiger partial charge in [0.2, 0.25) is 0 Å². The zero-order valence-electron chi connectivity index (χ0n) is 48.3. The highest BCUT2D eigenvalue weighted by atomic mass is 19.4. The van der Waals surface area contributed by atoms with E-state index >= 15 is 0 Å². The topological polar surface area (TPSA) is 263 Å². The number of para-hydroxylation sites is 2. The van der Waals surface area contributed by atoms with Crippen LogP contribution < -0.4 is 59.6 Å². The normalized spacial score (nSPS) is 14.3. The average molecular weight is 1250 g/mol. The Balaban J connectivity index is 0.000000480. The Morgan fingerprint density at radius 2 is 0.636 bits per heavy atom. The van der Waals surface area contributed by atoms with Gasteiger partial charge in [-0.15, -0.1) is 0 Å². The highest BCUT2D eigenvalue weighted by molar-refractivity contribution is 5.89. The van der Waals surface area contributed by atoms with Gasteiger partial charge in [-0.05, 0) is 70.8 Å². The van der Waals surface area contributed by atoms with Crippen molar-refractivity contribution in [2.75, 3.05) is 116 Å². The minimum atomic E-state index is -5.19. The number of nitrogens with zero attached hydrogens (tertiary/aromatic N) is 2. The van der Waals surface area contributed by atoms with E-state index in [0.29, 0.717) is 140 Å². The number of pyridine rings is 2. The molecule has 88 heavy (non-hydrogen) atoms. The number of amides is 4. The van der Waals surface area contributed by atoms with Crippen LogP contribution in [0.1, 0.15) is 11.1 Å². The molecule has 4 N–H and O–H groups in total. The number of carboxylic acid groups (broad SMARTS) is 2. The predicted molar refractivity (Wildman–Crippen MR) is 301 cm³/mol. The summed E-state index contributed by atoms with van der Waals surface area (Å²) in [4.78, 5) is 42.6. The summed E-state index contributed by atoms with van der Waals surface area (Å²) in [7, 11) is 4.05. The number of hydrogen-bond donors (Lipinski definition) is 4. The third-order valence-corrected chi connectivity index (χ3v) is 11.1. The zero-order chi connectivity index (χ0) is 63.8. The third kappa shape index (κ3) is 32.6. The summed E-state index contributed by atoms with van der Waals surface area (Å²) >= 11 is 0. The van der Waals surface area contributed by atoms with Crippen molar-refractivity contribution >= 4 is 35.4 Å². The van der Waals surface area contributed by atoms with Crippen molar-refractivity contribution in [2.45, 2.75) is 25.4 Å². The summed E-state index contributed by atoms with van der Waals surface area (Å²) in [5.41, 5.74) is 5.49. The van der Waals surface area contributed by atoms with Crippen LogP contribution in [0.25, 0.3) is 11.1 Å². The van der Waals surface area contributed by atoms with Crippen molar-refractivity contribution in [3.8, 4) is 34.1 Å². The van der Waals surface area contributed by atoms with Gasteiger partial charge in [0.1, 0.15) is 75.5 Å².